The van der Waals surface area contributed by atoms with Gasteiger partial charge in [-0.3, -0.25) is 9.59 Å². The molecule has 4 rings (SSSR count). The summed E-state index contributed by atoms with van der Waals surface area (Å²) in [7, 11) is 1.62. The average Bonchev–Trinajstić information content (AvgIpc) is 2.86. The number of carbonyl (C=O) groups excluding carboxylic acids is 2. The van der Waals surface area contributed by atoms with Gasteiger partial charge in [0, 0.05) is 24.9 Å². The second-order valence-corrected chi connectivity index (χ2v) is 7.46. The summed E-state index contributed by atoms with van der Waals surface area (Å²) in [6, 6.07) is 13.5. The highest BCUT2D eigenvalue weighted by Crippen LogP contribution is 2.32. The van der Waals surface area contributed by atoms with Crippen LogP contribution in [-0.4, -0.2) is 41.4 Å². The molecule has 2 heterocycles. The van der Waals surface area contributed by atoms with E-state index in [9.17, 15) is 18.4 Å². The molecule has 0 bridgehead atoms. The zero-order chi connectivity index (χ0) is 22.1. The fourth-order valence-electron chi connectivity index (χ4n) is 3.79. The number of halogens is 2. The van der Waals surface area contributed by atoms with Crippen LogP contribution >= 0.6 is 0 Å². The summed E-state index contributed by atoms with van der Waals surface area (Å²) in [6.07, 6.45) is -2.68. The molecular formula is C22H21F2N5O2. The van der Waals surface area contributed by atoms with Crippen LogP contribution in [0.1, 0.15) is 25.6 Å². The fourth-order valence-corrected chi connectivity index (χ4v) is 3.79. The molecule has 0 saturated heterocycles. The topological polar surface area (TPSA) is 78.4 Å². The van der Waals surface area contributed by atoms with Gasteiger partial charge in [-0.05, 0) is 31.2 Å². The normalized spacial score (nSPS) is 16.1. The first-order valence-corrected chi connectivity index (χ1v) is 9.82. The third-order valence-corrected chi connectivity index (χ3v) is 5.16. The number of aromatic nitrogens is 2. The molecule has 1 unspecified atom stereocenters. The van der Waals surface area contributed by atoms with E-state index in [0.29, 0.717) is 22.3 Å². The van der Waals surface area contributed by atoms with Crippen LogP contribution in [0.15, 0.2) is 48.5 Å². The van der Waals surface area contributed by atoms with Crippen LogP contribution in [0.5, 0.6) is 0 Å². The van der Waals surface area contributed by atoms with E-state index >= 15 is 0 Å². The molecule has 9 heteroatoms. The largest absolute Gasteiger partial charge is 0.350 e. The van der Waals surface area contributed by atoms with Crippen molar-refractivity contribution in [3.05, 3.63) is 54.4 Å². The first-order valence-electron chi connectivity index (χ1n) is 9.82. The van der Waals surface area contributed by atoms with Crippen LogP contribution in [0.2, 0.25) is 0 Å². The smallest absolute Gasteiger partial charge is 0.297 e. The van der Waals surface area contributed by atoms with Crippen molar-refractivity contribution in [3.63, 3.8) is 0 Å². The molecule has 0 spiro atoms. The maximum absolute atomic E-state index is 13.3. The summed E-state index contributed by atoms with van der Waals surface area (Å²) in [4.78, 5) is 36.5. The lowest BCUT2D eigenvalue weighted by Crippen LogP contribution is -2.44. The second kappa shape index (κ2) is 8.25. The number of carbonyl (C=O) groups is 2. The average molecular weight is 425 g/mol. The highest BCUT2D eigenvalue weighted by molar-refractivity contribution is 6.06. The predicted molar refractivity (Wildman–Crippen MR) is 114 cm³/mol. The Morgan fingerprint density at radius 2 is 1.90 bits per heavy atom. The van der Waals surface area contributed by atoms with E-state index in [4.69, 9.17) is 0 Å². The zero-order valence-corrected chi connectivity index (χ0v) is 17.0. The van der Waals surface area contributed by atoms with Gasteiger partial charge in [-0.2, -0.15) is 0 Å². The lowest BCUT2D eigenvalue weighted by atomic mass is 10.1. The van der Waals surface area contributed by atoms with Crippen LogP contribution in [-0.2, 0) is 9.59 Å². The minimum absolute atomic E-state index is 0.115. The number of likely N-dealkylation sites (N-methyl/N-ethyl adjacent to an activating group) is 1. The Hall–Kier alpha value is -3.62. The number of fused-ring (bicyclic) bond motifs is 2. The Morgan fingerprint density at radius 3 is 2.68 bits per heavy atom. The summed E-state index contributed by atoms with van der Waals surface area (Å²) in [5.41, 5.74) is 1.53. The molecule has 1 aliphatic rings. The number of benzene rings is 2. The molecular weight excluding hydrogens is 404 g/mol. The zero-order valence-electron chi connectivity index (χ0n) is 17.0. The van der Waals surface area contributed by atoms with Gasteiger partial charge in [-0.15, -0.1) is 0 Å². The summed E-state index contributed by atoms with van der Waals surface area (Å²) in [5.74, 6) is -0.789. The SMILES string of the molecule is CC1CC(=O)Nc2ccccc2N1C(=O)CN(C)c1nc(C(F)F)nc2ccccc12. The molecule has 7 nitrogen and oxygen atoms in total. The van der Waals surface area contributed by atoms with E-state index in [1.165, 1.54) is 4.90 Å². The molecule has 3 aromatic rings. The number of hydrogen-bond donors (Lipinski definition) is 1. The molecule has 160 valence electrons. The van der Waals surface area contributed by atoms with Crippen molar-refractivity contribution in [1.82, 2.24) is 9.97 Å². The highest BCUT2D eigenvalue weighted by atomic mass is 19.3. The van der Waals surface area contributed by atoms with Crippen molar-refractivity contribution in [2.24, 2.45) is 0 Å². The standard InChI is InChI=1S/C22H21F2N5O2/c1-13-11-18(30)25-16-9-5-6-10-17(16)29(13)19(31)12-28(2)22-14-7-3-4-8-15(14)26-21(27-22)20(23)24/h3-10,13,20H,11-12H2,1-2H3,(H,25,30). The molecule has 0 saturated carbocycles. The van der Waals surface area contributed by atoms with Crippen LogP contribution in [0.3, 0.4) is 0 Å². The Labute approximate surface area is 177 Å². The van der Waals surface area contributed by atoms with Gasteiger partial charge in [-0.1, -0.05) is 24.3 Å². The van der Waals surface area contributed by atoms with Gasteiger partial charge in [0.25, 0.3) is 6.43 Å². The molecule has 1 aliphatic heterocycles. The number of anilines is 3. The van der Waals surface area contributed by atoms with Gasteiger partial charge < -0.3 is 15.1 Å². The quantitative estimate of drug-likeness (QED) is 0.689. The molecule has 0 radical (unpaired) electrons. The number of hydrogen-bond acceptors (Lipinski definition) is 5. The molecule has 31 heavy (non-hydrogen) atoms. The number of rotatable bonds is 4. The van der Waals surface area contributed by atoms with E-state index in [1.54, 1.807) is 67.4 Å². The van der Waals surface area contributed by atoms with Gasteiger partial charge in [0.05, 0.1) is 23.4 Å². The van der Waals surface area contributed by atoms with E-state index in [1.807, 2.05) is 0 Å². The summed E-state index contributed by atoms with van der Waals surface area (Å²) < 4.78 is 26.7. The lowest BCUT2D eigenvalue weighted by molar-refractivity contribution is -0.118. The molecule has 2 amide bonds. The summed E-state index contributed by atoms with van der Waals surface area (Å²) in [5, 5.41) is 3.39. The number of nitrogens with zero attached hydrogens (tertiary/aromatic N) is 4. The number of nitrogens with one attached hydrogen (secondary N) is 1. The van der Waals surface area contributed by atoms with E-state index in [2.05, 4.69) is 15.3 Å². The van der Waals surface area contributed by atoms with Gasteiger partial charge in [0.15, 0.2) is 5.82 Å². The van der Waals surface area contributed by atoms with E-state index in [0.717, 1.165) is 0 Å². The van der Waals surface area contributed by atoms with E-state index in [-0.39, 0.29) is 36.6 Å². The molecule has 2 aromatic carbocycles. The minimum Gasteiger partial charge on any atom is -0.350 e. The Balaban J connectivity index is 1.68. The first kappa shape index (κ1) is 20.6. The van der Waals surface area contributed by atoms with Crippen molar-refractivity contribution in [2.45, 2.75) is 25.8 Å². The maximum Gasteiger partial charge on any atom is 0.297 e. The van der Waals surface area contributed by atoms with Gasteiger partial charge in [-0.25, -0.2) is 18.7 Å². The number of amides is 2. The summed E-state index contributed by atoms with van der Waals surface area (Å²) >= 11 is 0. The fraction of sp³-hybridized carbons (Fsp3) is 0.273. The number of alkyl halides is 2. The Kier molecular flexibility index (Phi) is 5.50. The first-order chi connectivity index (χ1) is 14.8. The van der Waals surface area contributed by atoms with Crippen LogP contribution in [0.4, 0.5) is 26.0 Å². The van der Waals surface area contributed by atoms with Crippen molar-refractivity contribution in [3.8, 4) is 0 Å². The summed E-state index contributed by atoms with van der Waals surface area (Å²) in [6.45, 7) is 1.69. The second-order valence-electron chi connectivity index (χ2n) is 7.46. The van der Waals surface area contributed by atoms with Crippen molar-refractivity contribution in [1.29, 1.82) is 0 Å². The Bertz CT molecular complexity index is 1150. The van der Waals surface area contributed by atoms with Crippen LogP contribution in [0.25, 0.3) is 10.9 Å². The third-order valence-electron chi connectivity index (χ3n) is 5.16. The van der Waals surface area contributed by atoms with E-state index < -0.39 is 12.2 Å². The van der Waals surface area contributed by atoms with Crippen molar-refractivity contribution < 1.29 is 18.4 Å². The lowest BCUT2D eigenvalue weighted by Gasteiger charge is -2.30. The van der Waals surface area contributed by atoms with Gasteiger partial charge >= 0.3 is 0 Å². The van der Waals surface area contributed by atoms with Crippen molar-refractivity contribution in [2.75, 3.05) is 28.7 Å². The van der Waals surface area contributed by atoms with Crippen LogP contribution < -0.4 is 15.1 Å². The van der Waals surface area contributed by atoms with Gasteiger partial charge in [0.2, 0.25) is 11.8 Å². The monoisotopic (exact) mass is 425 g/mol. The maximum atomic E-state index is 13.3. The third kappa shape index (κ3) is 4.03. The Morgan fingerprint density at radius 1 is 1.19 bits per heavy atom. The predicted octanol–water partition coefficient (Wildman–Crippen LogP) is 3.77. The molecule has 0 aliphatic carbocycles. The van der Waals surface area contributed by atoms with Crippen LogP contribution in [0, 0.1) is 0 Å². The van der Waals surface area contributed by atoms with Gasteiger partial charge in [0.1, 0.15) is 5.82 Å². The minimum atomic E-state index is -2.83. The molecule has 1 aromatic heterocycles. The van der Waals surface area contributed by atoms with Crippen molar-refractivity contribution >= 4 is 39.9 Å². The highest BCUT2D eigenvalue weighted by Gasteiger charge is 2.30. The molecule has 1 N–H and O–H groups in total. The molecule has 0 fully saturated rings. The molecule has 1 atom stereocenters. The number of para-hydroxylation sites is 3.